The fraction of sp³-hybridized carbons (Fsp3) is 0.667. The number of amides is 1. The smallest absolute Gasteiger partial charge is 0.331 e. The number of hydrogen-bond donors (Lipinski definition) is 4. The Bertz CT molecular complexity index is 371. The molecule has 1 amide bonds. The summed E-state index contributed by atoms with van der Waals surface area (Å²) in [7, 11) is 0. The average Bonchev–Trinajstić information content (AvgIpc) is 2.55. The molecule has 102 valence electrons. The van der Waals surface area contributed by atoms with E-state index in [4.69, 9.17) is 16.7 Å². The third-order valence-corrected chi connectivity index (χ3v) is 2.57. The molecule has 0 aromatic rings. The topological polar surface area (TPSA) is 156 Å². The van der Waals surface area contributed by atoms with Crippen LogP contribution in [0.2, 0.25) is 0 Å². The molecule has 1 heterocycles. The van der Waals surface area contributed by atoms with Gasteiger partial charge < -0.3 is 21.3 Å². The van der Waals surface area contributed by atoms with Crippen LogP contribution >= 0.6 is 0 Å². The standard InChI is InChI=1S/C9H15N3O6/c1-3(10)8(15)18-9(16)6(11)4-2-5(13)12(17)7(4)14/h3-6,13,17H,2,10-11H2,1H3/t3-,4?,5?,6-/m0/s1. The summed E-state index contributed by atoms with van der Waals surface area (Å²) in [5.41, 5.74) is 10.6. The molecule has 9 nitrogen and oxygen atoms in total. The van der Waals surface area contributed by atoms with Crippen LogP contribution in [0.15, 0.2) is 0 Å². The first-order valence-electron chi connectivity index (χ1n) is 5.22. The Labute approximate surface area is 102 Å². The molecule has 2 unspecified atom stereocenters. The molecule has 0 aromatic carbocycles. The van der Waals surface area contributed by atoms with Gasteiger partial charge in [0.2, 0.25) is 0 Å². The van der Waals surface area contributed by atoms with Gasteiger partial charge in [-0.1, -0.05) is 0 Å². The lowest BCUT2D eigenvalue weighted by Gasteiger charge is -2.15. The number of esters is 2. The third-order valence-electron chi connectivity index (χ3n) is 2.57. The van der Waals surface area contributed by atoms with Gasteiger partial charge in [-0.25, -0.2) is 9.59 Å². The Hall–Kier alpha value is -1.55. The number of hydrogen-bond acceptors (Lipinski definition) is 8. The molecule has 0 aromatic heterocycles. The molecule has 1 fully saturated rings. The van der Waals surface area contributed by atoms with Crippen LogP contribution in [0.3, 0.4) is 0 Å². The van der Waals surface area contributed by atoms with Gasteiger partial charge in [0.1, 0.15) is 12.1 Å². The average molecular weight is 261 g/mol. The van der Waals surface area contributed by atoms with E-state index in [1.807, 2.05) is 0 Å². The monoisotopic (exact) mass is 261 g/mol. The van der Waals surface area contributed by atoms with Crippen molar-refractivity contribution in [2.75, 3.05) is 0 Å². The lowest BCUT2D eigenvalue weighted by Crippen LogP contribution is -2.45. The minimum absolute atomic E-state index is 0.0885. The van der Waals surface area contributed by atoms with Crippen molar-refractivity contribution < 1.29 is 29.4 Å². The number of aliphatic hydroxyl groups excluding tert-OH is 1. The molecule has 18 heavy (non-hydrogen) atoms. The van der Waals surface area contributed by atoms with E-state index < -0.39 is 42.1 Å². The maximum Gasteiger partial charge on any atom is 0.331 e. The number of aliphatic hydroxyl groups is 1. The van der Waals surface area contributed by atoms with Crippen LogP contribution in [0.4, 0.5) is 0 Å². The van der Waals surface area contributed by atoms with Crippen molar-refractivity contribution in [2.24, 2.45) is 17.4 Å². The lowest BCUT2D eigenvalue weighted by molar-refractivity contribution is -0.191. The van der Waals surface area contributed by atoms with E-state index in [0.717, 1.165) is 0 Å². The quantitative estimate of drug-likeness (QED) is 0.242. The normalized spacial score (nSPS) is 26.9. The first-order valence-corrected chi connectivity index (χ1v) is 5.22. The molecule has 4 atom stereocenters. The molecule has 0 aliphatic carbocycles. The predicted molar refractivity (Wildman–Crippen MR) is 55.5 cm³/mol. The lowest BCUT2D eigenvalue weighted by atomic mass is 9.99. The molecule has 1 aliphatic rings. The van der Waals surface area contributed by atoms with Gasteiger partial charge in [-0.05, 0) is 6.92 Å². The second-order valence-electron chi connectivity index (χ2n) is 4.06. The molecule has 6 N–H and O–H groups in total. The molecular formula is C9H15N3O6. The summed E-state index contributed by atoms with van der Waals surface area (Å²) in [5, 5.41) is 18.4. The molecule has 9 heteroatoms. The number of hydroxylamine groups is 2. The summed E-state index contributed by atoms with van der Waals surface area (Å²) in [6.45, 7) is 1.32. The molecule has 0 saturated carbocycles. The summed E-state index contributed by atoms with van der Waals surface area (Å²) in [5.74, 6) is -4.14. The molecule has 1 aliphatic heterocycles. The van der Waals surface area contributed by atoms with Gasteiger partial charge in [0.05, 0.1) is 5.92 Å². The van der Waals surface area contributed by atoms with Gasteiger partial charge in [0.25, 0.3) is 5.91 Å². The largest absolute Gasteiger partial charge is 0.391 e. The third kappa shape index (κ3) is 2.82. The van der Waals surface area contributed by atoms with Crippen molar-refractivity contribution in [3.63, 3.8) is 0 Å². The first kappa shape index (κ1) is 14.5. The van der Waals surface area contributed by atoms with Crippen molar-refractivity contribution in [1.29, 1.82) is 0 Å². The molecule has 0 radical (unpaired) electrons. The number of nitrogens with zero attached hydrogens (tertiary/aromatic N) is 1. The van der Waals surface area contributed by atoms with Gasteiger partial charge in [0, 0.05) is 6.42 Å². The summed E-state index contributed by atoms with van der Waals surface area (Å²) < 4.78 is 4.34. The van der Waals surface area contributed by atoms with E-state index >= 15 is 0 Å². The van der Waals surface area contributed by atoms with Gasteiger partial charge in [-0.15, -0.1) is 0 Å². The van der Waals surface area contributed by atoms with E-state index in [1.54, 1.807) is 0 Å². The van der Waals surface area contributed by atoms with Crippen LogP contribution in [0.1, 0.15) is 13.3 Å². The Morgan fingerprint density at radius 3 is 2.39 bits per heavy atom. The van der Waals surface area contributed by atoms with Crippen molar-refractivity contribution in [3.8, 4) is 0 Å². The highest BCUT2D eigenvalue weighted by atomic mass is 16.6. The van der Waals surface area contributed by atoms with Gasteiger partial charge in [-0.3, -0.25) is 10.0 Å². The molecule has 0 spiro atoms. The number of carbonyl (C=O) groups is 3. The van der Waals surface area contributed by atoms with Crippen LogP contribution in [-0.4, -0.2) is 51.5 Å². The Balaban J connectivity index is 2.65. The van der Waals surface area contributed by atoms with Crippen molar-refractivity contribution >= 4 is 17.8 Å². The van der Waals surface area contributed by atoms with E-state index in [0.29, 0.717) is 0 Å². The number of carbonyl (C=O) groups excluding carboxylic acids is 3. The van der Waals surface area contributed by atoms with Gasteiger partial charge >= 0.3 is 11.9 Å². The van der Waals surface area contributed by atoms with Crippen molar-refractivity contribution in [3.05, 3.63) is 0 Å². The molecule has 0 bridgehead atoms. The summed E-state index contributed by atoms with van der Waals surface area (Å²) >= 11 is 0. The second kappa shape index (κ2) is 5.40. The molecule has 1 saturated heterocycles. The Kier molecular flexibility index (Phi) is 4.35. The molecule has 1 rings (SSSR count). The van der Waals surface area contributed by atoms with E-state index in [-0.39, 0.29) is 11.5 Å². The summed E-state index contributed by atoms with van der Waals surface area (Å²) in [6, 6.07) is -2.45. The fourth-order valence-electron chi connectivity index (χ4n) is 1.47. The zero-order chi connectivity index (χ0) is 14.0. The predicted octanol–water partition coefficient (Wildman–Crippen LogP) is -2.71. The van der Waals surface area contributed by atoms with Gasteiger partial charge in [-0.2, -0.15) is 5.06 Å². The van der Waals surface area contributed by atoms with Crippen LogP contribution < -0.4 is 11.5 Å². The van der Waals surface area contributed by atoms with Crippen molar-refractivity contribution in [2.45, 2.75) is 31.7 Å². The number of nitrogens with two attached hydrogens (primary N) is 2. The van der Waals surface area contributed by atoms with Crippen molar-refractivity contribution in [1.82, 2.24) is 5.06 Å². The zero-order valence-corrected chi connectivity index (χ0v) is 9.65. The van der Waals surface area contributed by atoms with E-state index in [2.05, 4.69) is 4.74 Å². The maximum atomic E-state index is 11.4. The highest BCUT2D eigenvalue weighted by Crippen LogP contribution is 2.24. The first-order chi connectivity index (χ1) is 8.25. The van der Waals surface area contributed by atoms with Crippen LogP contribution in [0.25, 0.3) is 0 Å². The summed E-state index contributed by atoms with van der Waals surface area (Å²) in [4.78, 5) is 33.9. The number of ether oxygens (including phenoxy) is 1. The number of rotatable bonds is 3. The van der Waals surface area contributed by atoms with Crippen LogP contribution in [-0.2, 0) is 19.1 Å². The van der Waals surface area contributed by atoms with Crippen LogP contribution in [0.5, 0.6) is 0 Å². The highest BCUT2D eigenvalue weighted by molar-refractivity contribution is 5.94. The minimum Gasteiger partial charge on any atom is -0.391 e. The van der Waals surface area contributed by atoms with E-state index in [9.17, 15) is 19.5 Å². The molecular weight excluding hydrogens is 246 g/mol. The zero-order valence-electron chi connectivity index (χ0n) is 9.65. The van der Waals surface area contributed by atoms with E-state index in [1.165, 1.54) is 6.92 Å². The fourth-order valence-corrected chi connectivity index (χ4v) is 1.47. The maximum absolute atomic E-state index is 11.4. The Morgan fingerprint density at radius 1 is 1.44 bits per heavy atom. The highest BCUT2D eigenvalue weighted by Gasteiger charge is 2.44. The summed E-state index contributed by atoms with van der Waals surface area (Å²) in [6.07, 6.45) is -1.65. The Morgan fingerprint density at radius 2 is 2.00 bits per heavy atom. The van der Waals surface area contributed by atoms with Crippen LogP contribution in [0, 0.1) is 5.92 Å². The van der Waals surface area contributed by atoms with Gasteiger partial charge in [0.15, 0.2) is 6.23 Å². The SMILES string of the molecule is C[C@H](N)C(=O)OC(=O)[C@@H](N)C1CC(O)N(O)C1=O. The second-order valence-corrected chi connectivity index (χ2v) is 4.06. The minimum atomic E-state index is -1.45.